The van der Waals surface area contributed by atoms with Crippen molar-refractivity contribution < 1.29 is 33.6 Å². The molecule has 0 aromatic heterocycles. The maximum atomic E-state index is 13.5. The molecule has 1 N–H and O–H groups in total. The fourth-order valence-corrected chi connectivity index (χ4v) is 4.82. The standard InChI is InChI=1S/C31H31NO7/c1-3-4-14-37-23-12-10-21(17-25(23)36-2)28-27(29(33)22-11-13-24-26(18-22)39-16-15-38-24)30(34)31(35)32(28)19-20-8-6-5-7-9-20/h5-13,17-18,28,33H,3-4,14-16,19H2,1-2H3/t28-/m1/s1. The van der Waals surface area contributed by atoms with E-state index in [-0.39, 0.29) is 17.9 Å². The second-order valence-electron chi connectivity index (χ2n) is 9.38. The molecule has 8 nitrogen and oxygen atoms in total. The number of carbonyl (C=O) groups is 2. The number of aliphatic hydroxyl groups excluding tert-OH is 1. The highest BCUT2D eigenvalue weighted by Gasteiger charge is 2.46. The molecule has 0 aliphatic carbocycles. The topological polar surface area (TPSA) is 94.5 Å². The number of hydrogen-bond donors (Lipinski definition) is 1. The van der Waals surface area contributed by atoms with E-state index >= 15 is 0 Å². The van der Waals surface area contributed by atoms with E-state index in [4.69, 9.17) is 18.9 Å². The third-order valence-electron chi connectivity index (χ3n) is 6.81. The number of unbranched alkanes of at least 4 members (excludes halogenated alkanes) is 1. The van der Waals surface area contributed by atoms with Crippen molar-refractivity contribution in [3.8, 4) is 23.0 Å². The molecule has 1 fully saturated rings. The number of aliphatic hydroxyl groups is 1. The third-order valence-corrected chi connectivity index (χ3v) is 6.81. The summed E-state index contributed by atoms with van der Waals surface area (Å²) in [6, 6.07) is 18.9. The third kappa shape index (κ3) is 5.27. The summed E-state index contributed by atoms with van der Waals surface area (Å²) >= 11 is 0. The van der Waals surface area contributed by atoms with E-state index in [2.05, 4.69) is 6.92 Å². The Hall–Kier alpha value is -4.46. The van der Waals surface area contributed by atoms with Crippen molar-refractivity contribution in [3.63, 3.8) is 0 Å². The van der Waals surface area contributed by atoms with Crippen molar-refractivity contribution in [1.82, 2.24) is 4.90 Å². The van der Waals surface area contributed by atoms with Gasteiger partial charge in [-0.2, -0.15) is 0 Å². The van der Waals surface area contributed by atoms with Gasteiger partial charge in [0.25, 0.3) is 11.7 Å². The molecule has 0 saturated carbocycles. The minimum atomic E-state index is -0.850. The van der Waals surface area contributed by atoms with Gasteiger partial charge < -0.3 is 29.0 Å². The number of carbonyl (C=O) groups excluding carboxylic acids is 2. The molecule has 2 heterocycles. The quantitative estimate of drug-likeness (QED) is 0.175. The van der Waals surface area contributed by atoms with E-state index in [1.165, 1.54) is 4.90 Å². The molecule has 2 aliphatic rings. The molecule has 5 rings (SSSR count). The van der Waals surface area contributed by atoms with Gasteiger partial charge in [0.2, 0.25) is 0 Å². The van der Waals surface area contributed by atoms with Gasteiger partial charge in [-0.1, -0.05) is 49.7 Å². The number of nitrogens with zero attached hydrogens (tertiary/aromatic N) is 1. The molecule has 0 spiro atoms. The first-order valence-electron chi connectivity index (χ1n) is 13.0. The second-order valence-corrected chi connectivity index (χ2v) is 9.38. The van der Waals surface area contributed by atoms with Crippen molar-refractivity contribution in [2.24, 2.45) is 0 Å². The summed E-state index contributed by atoms with van der Waals surface area (Å²) in [5, 5.41) is 11.5. The summed E-state index contributed by atoms with van der Waals surface area (Å²) in [6.45, 7) is 3.63. The second kappa shape index (κ2) is 11.5. The van der Waals surface area contributed by atoms with E-state index in [0.717, 1.165) is 18.4 Å². The normalized spacial score (nSPS) is 17.8. The molecule has 0 radical (unpaired) electrons. The van der Waals surface area contributed by atoms with E-state index in [0.29, 0.717) is 53.9 Å². The number of hydrogen-bond acceptors (Lipinski definition) is 7. The molecule has 0 unspecified atom stereocenters. The molecular formula is C31H31NO7. The van der Waals surface area contributed by atoms with Crippen LogP contribution < -0.4 is 18.9 Å². The van der Waals surface area contributed by atoms with Crippen molar-refractivity contribution in [2.75, 3.05) is 26.9 Å². The molecule has 3 aromatic carbocycles. The van der Waals surface area contributed by atoms with Gasteiger partial charge in [-0.05, 0) is 47.9 Å². The molecule has 202 valence electrons. The number of methoxy groups -OCH3 is 1. The lowest BCUT2D eigenvalue weighted by Crippen LogP contribution is -2.29. The molecule has 1 atom stereocenters. The number of benzene rings is 3. The summed E-state index contributed by atoms with van der Waals surface area (Å²) in [4.78, 5) is 28.3. The number of amides is 1. The van der Waals surface area contributed by atoms with Crippen LogP contribution in [0.4, 0.5) is 0 Å². The predicted octanol–water partition coefficient (Wildman–Crippen LogP) is 5.27. The number of fused-ring (bicyclic) bond motifs is 1. The Balaban J connectivity index is 1.61. The van der Waals surface area contributed by atoms with E-state index in [1.807, 2.05) is 30.3 Å². The summed E-state index contributed by atoms with van der Waals surface area (Å²) in [6.07, 6.45) is 1.89. The van der Waals surface area contributed by atoms with Gasteiger partial charge in [-0.25, -0.2) is 0 Å². The maximum Gasteiger partial charge on any atom is 0.295 e. The summed E-state index contributed by atoms with van der Waals surface area (Å²) in [5.41, 5.74) is 1.82. The Morgan fingerprint density at radius 1 is 0.974 bits per heavy atom. The van der Waals surface area contributed by atoms with Crippen molar-refractivity contribution in [1.29, 1.82) is 0 Å². The van der Waals surface area contributed by atoms with Crippen LogP contribution in [0.3, 0.4) is 0 Å². The Morgan fingerprint density at radius 3 is 2.49 bits per heavy atom. The minimum Gasteiger partial charge on any atom is -0.507 e. The highest BCUT2D eigenvalue weighted by molar-refractivity contribution is 6.46. The molecule has 0 bridgehead atoms. The van der Waals surface area contributed by atoms with Crippen LogP contribution in [0.15, 0.2) is 72.3 Å². The number of Topliss-reactive ketones (excluding diaryl/α,β-unsaturated/α-hetero) is 1. The molecule has 1 saturated heterocycles. The highest BCUT2D eigenvalue weighted by atomic mass is 16.6. The van der Waals surface area contributed by atoms with E-state index < -0.39 is 17.7 Å². The molecule has 2 aliphatic heterocycles. The first-order chi connectivity index (χ1) is 19.0. The number of likely N-dealkylation sites (tertiary alicyclic amines) is 1. The smallest absolute Gasteiger partial charge is 0.295 e. The largest absolute Gasteiger partial charge is 0.507 e. The fraction of sp³-hybridized carbons (Fsp3) is 0.290. The average Bonchev–Trinajstić information content (AvgIpc) is 3.22. The van der Waals surface area contributed by atoms with Gasteiger partial charge in [0.1, 0.15) is 19.0 Å². The Labute approximate surface area is 227 Å². The summed E-state index contributed by atoms with van der Waals surface area (Å²) in [5.74, 6) is 0.344. The lowest BCUT2D eigenvalue weighted by Gasteiger charge is -2.26. The van der Waals surface area contributed by atoms with Crippen LogP contribution in [0, 0.1) is 0 Å². The molecular weight excluding hydrogens is 498 g/mol. The minimum absolute atomic E-state index is 0.00527. The van der Waals surface area contributed by atoms with Gasteiger partial charge in [0.15, 0.2) is 23.0 Å². The highest BCUT2D eigenvalue weighted by Crippen LogP contribution is 2.43. The Bertz CT molecular complexity index is 1400. The van der Waals surface area contributed by atoms with Crippen LogP contribution >= 0.6 is 0 Å². The lowest BCUT2D eigenvalue weighted by atomic mass is 9.94. The van der Waals surface area contributed by atoms with Crippen molar-refractivity contribution in [2.45, 2.75) is 32.4 Å². The number of ether oxygens (including phenoxy) is 4. The van der Waals surface area contributed by atoms with Crippen molar-refractivity contribution in [3.05, 3.63) is 89.0 Å². The molecule has 39 heavy (non-hydrogen) atoms. The van der Waals surface area contributed by atoms with E-state index in [1.54, 1.807) is 43.5 Å². The van der Waals surface area contributed by atoms with Gasteiger partial charge in [-0.15, -0.1) is 0 Å². The summed E-state index contributed by atoms with van der Waals surface area (Å²) in [7, 11) is 1.54. The fourth-order valence-electron chi connectivity index (χ4n) is 4.82. The van der Waals surface area contributed by atoms with Gasteiger partial charge in [0, 0.05) is 12.1 Å². The molecule has 3 aromatic rings. The van der Waals surface area contributed by atoms with Crippen LogP contribution in [-0.4, -0.2) is 48.6 Å². The molecule has 1 amide bonds. The van der Waals surface area contributed by atoms with Crippen molar-refractivity contribution >= 4 is 17.4 Å². The summed E-state index contributed by atoms with van der Waals surface area (Å²) < 4.78 is 22.7. The zero-order valence-electron chi connectivity index (χ0n) is 22.0. The SMILES string of the molecule is CCCCOc1ccc([C@@H]2C(=C(O)c3ccc4c(c3)OCCO4)C(=O)C(=O)N2Cc2ccccc2)cc1OC. The number of rotatable bonds is 9. The van der Waals surface area contributed by atoms with E-state index in [9.17, 15) is 14.7 Å². The monoisotopic (exact) mass is 529 g/mol. The van der Waals surface area contributed by atoms with Gasteiger partial charge in [-0.3, -0.25) is 9.59 Å². The first-order valence-corrected chi connectivity index (χ1v) is 13.0. The number of ketones is 1. The van der Waals surface area contributed by atoms with Crippen LogP contribution in [0.1, 0.15) is 42.5 Å². The Morgan fingerprint density at radius 2 is 1.74 bits per heavy atom. The predicted molar refractivity (Wildman–Crippen MR) is 145 cm³/mol. The van der Waals surface area contributed by atoms with Crippen LogP contribution in [-0.2, 0) is 16.1 Å². The zero-order chi connectivity index (χ0) is 27.4. The van der Waals surface area contributed by atoms with Crippen LogP contribution in [0.2, 0.25) is 0 Å². The zero-order valence-corrected chi connectivity index (χ0v) is 22.0. The maximum absolute atomic E-state index is 13.5. The first kappa shape index (κ1) is 26.2. The molecule has 8 heteroatoms. The van der Waals surface area contributed by atoms with Crippen LogP contribution in [0.25, 0.3) is 5.76 Å². The van der Waals surface area contributed by atoms with Gasteiger partial charge in [0.05, 0.1) is 25.3 Å². The average molecular weight is 530 g/mol. The Kier molecular flexibility index (Phi) is 7.72. The van der Waals surface area contributed by atoms with Crippen LogP contribution in [0.5, 0.6) is 23.0 Å². The lowest BCUT2D eigenvalue weighted by molar-refractivity contribution is -0.140. The van der Waals surface area contributed by atoms with Gasteiger partial charge >= 0.3 is 0 Å².